The van der Waals surface area contributed by atoms with Crippen LogP contribution in [0.1, 0.15) is 37.6 Å². The molecule has 200 valence electrons. The maximum atomic E-state index is 13.9. The van der Waals surface area contributed by atoms with E-state index in [4.69, 9.17) is 4.74 Å². The molecule has 4 rings (SSSR count). The number of imidazole rings is 1. The maximum absolute atomic E-state index is 13.9. The van der Waals surface area contributed by atoms with Crippen LogP contribution in [0, 0.1) is 0 Å². The lowest BCUT2D eigenvalue weighted by atomic mass is 10.0. The van der Waals surface area contributed by atoms with Crippen molar-refractivity contribution in [2.45, 2.75) is 38.7 Å². The molecule has 0 amide bonds. The largest absolute Gasteiger partial charge is 0.493 e. The van der Waals surface area contributed by atoms with Crippen molar-refractivity contribution in [1.29, 1.82) is 0 Å². The van der Waals surface area contributed by atoms with Gasteiger partial charge in [0.1, 0.15) is 17.2 Å². The zero-order chi connectivity index (χ0) is 27.9. The lowest BCUT2D eigenvalue weighted by Crippen LogP contribution is -2.15. The van der Waals surface area contributed by atoms with E-state index in [1.165, 1.54) is 54.9 Å². The molecule has 38 heavy (non-hydrogen) atoms. The van der Waals surface area contributed by atoms with Crippen molar-refractivity contribution in [3.8, 4) is 34.0 Å². The first-order valence-corrected chi connectivity index (χ1v) is 11.6. The van der Waals surface area contributed by atoms with Gasteiger partial charge < -0.3 is 9.84 Å². The third-order valence-electron chi connectivity index (χ3n) is 5.85. The molecule has 1 heterocycles. The van der Waals surface area contributed by atoms with Crippen molar-refractivity contribution in [2.24, 2.45) is 0 Å². The molecule has 0 unspecified atom stereocenters. The van der Waals surface area contributed by atoms with E-state index in [1.807, 2.05) is 0 Å². The highest BCUT2D eigenvalue weighted by atomic mass is 19.4. The van der Waals surface area contributed by atoms with Crippen LogP contribution >= 0.6 is 0 Å². The molecule has 0 saturated carbocycles. The molecule has 4 aromatic rings. The summed E-state index contributed by atoms with van der Waals surface area (Å²) in [7, 11) is 0. The van der Waals surface area contributed by atoms with Gasteiger partial charge in [0, 0.05) is 23.0 Å². The Hall–Kier alpha value is -3.79. The van der Waals surface area contributed by atoms with Gasteiger partial charge in [-0.2, -0.15) is 26.3 Å². The first-order chi connectivity index (χ1) is 17.7. The lowest BCUT2D eigenvalue weighted by molar-refractivity contribution is -0.138. The monoisotopic (exact) mass is 534 g/mol. The van der Waals surface area contributed by atoms with Crippen molar-refractivity contribution in [3.05, 3.63) is 89.7 Å². The predicted octanol–water partition coefficient (Wildman–Crippen LogP) is 7.87. The van der Waals surface area contributed by atoms with Crippen LogP contribution in [-0.2, 0) is 18.0 Å². The predicted molar refractivity (Wildman–Crippen MR) is 131 cm³/mol. The molecular weight excluding hydrogens is 510 g/mol. The highest BCUT2D eigenvalue weighted by molar-refractivity contribution is 5.74. The van der Waals surface area contributed by atoms with Crippen LogP contribution in [0.4, 0.5) is 26.3 Å². The van der Waals surface area contributed by atoms with E-state index >= 15 is 0 Å². The standard InChI is InChI=1S/C28H24F6N2O2/c1-4-38-23-13-12-18(27(29,30)31)15-21(23)17-8-7-9-19(14-17)36-16-24(26(2,3)37)35-25(36)20-10-5-6-11-22(20)28(32,33)34/h5-16,37H,4H2,1-3H3. The Morgan fingerprint density at radius 3 is 2.18 bits per heavy atom. The number of hydrogen-bond acceptors (Lipinski definition) is 3. The summed E-state index contributed by atoms with van der Waals surface area (Å²) in [4.78, 5) is 4.34. The SMILES string of the molecule is CCOc1ccc(C(F)(F)F)cc1-c1cccc(-n2cc(C(C)(C)O)nc2-c2ccccc2C(F)(F)F)c1. The molecule has 0 spiro atoms. The Labute approximate surface area is 215 Å². The minimum Gasteiger partial charge on any atom is -0.493 e. The summed E-state index contributed by atoms with van der Waals surface area (Å²) in [5.41, 5.74) is -2.51. The molecule has 10 heteroatoms. The molecule has 3 aromatic carbocycles. The highest BCUT2D eigenvalue weighted by Crippen LogP contribution is 2.40. The van der Waals surface area contributed by atoms with E-state index in [0.29, 0.717) is 11.3 Å². The average Bonchev–Trinajstić information content (AvgIpc) is 3.30. The molecule has 0 aliphatic rings. The van der Waals surface area contributed by atoms with Crippen LogP contribution in [0.3, 0.4) is 0 Å². The first kappa shape index (κ1) is 27.3. The Kier molecular flexibility index (Phi) is 7.05. The fraction of sp³-hybridized carbons (Fsp3) is 0.250. The van der Waals surface area contributed by atoms with Gasteiger partial charge in [0.15, 0.2) is 0 Å². The second-order valence-corrected chi connectivity index (χ2v) is 9.11. The van der Waals surface area contributed by atoms with E-state index in [1.54, 1.807) is 25.1 Å². The summed E-state index contributed by atoms with van der Waals surface area (Å²) in [6.07, 6.45) is -7.84. The highest BCUT2D eigenvalue weighted by Gasteiger charge is 2.35. The van der Waals surface area contributed by atoms with Crippen molar-refractivity contribution >= 4 is 0 Å². The number of benzene rings is 3. The Morgan fingerprint density at radius 1 is 0.842 bits per heavy atom. The van der Waals surface area contributed by atoms with Gasteiger partial charge in [-0.3, -0.25) is 4.57 Å². The van der Waals surface area contributed by atoms with Crippen LogP contribution < -0.4 is 4.74 Å². The number of aliphatic hydroxyl groups is 1. The molecule has 0 radical (unpaired) electrons. The van der Waals surface area contributed by atoms with Gasteiger partial charge in [-0.25, -0.2) is 4.98 Å². The van der Waals surface area contributed by atoms with Gasteiger partial charge in [-0.15, -0.1) is 0 Å². The third-order valence-corrected chi connectivity index (χ3v) is 5.85. The fourth-order valence-corrected chi connectivity index (χ4v) is 4.02. The molecule has 0 bridgehead atoms. The van der Waals surface area contributed by atoms with Crippen LogP contribution in [0.2, 0.25) is 0 Å². The summed E-state index contributed by atoms with van der Waals surface area (Å²) in [5.74, 6) is 0.143. The average molecular weight is 535 g/mol. The summed E-state index contributed by atoms with van der Waals surface area (Å²) in [6, 6.07) is 14.3. The zero-order valence-electron chi connectivity index (χ0n) is 20.7. The molecular formula is C28H24F6N2O2. The minimum atomic E-state index is -4.67. The number of ether oxygens (including phenoxy) is 1. The second kappa shape index (κ2) is 9.83. The zero-order valence-corrected chi connectivity index (χ0v) is 20.7. The molecule has 0 aliphatic heterocycles. The fourth-order valence-electron chi connectivity index (χ4n) is 4.02. The van der Waals surface area contributed by atoms with E-state index in [-0.39, 0.29) is 35.0 Å². The number of hydrogen-bond donors (Lipinski definition) is 1. The smallest absolute Gasteiger partial charge is 0.417 e. The van der Waals surface area contributed by atoms with E-state index in [9.17, 15) is 31.4 Å². The molecule has 0 atom stereocenters. The Bertz CT molecular complexity index is 1450. The van der Waals surface area contributed by atoms with Gasteiger partial charge in [0.25, 0.3) is 0 Å². The normalized spacial score (nSPS) is 12.6. The van der Waals surface area contributed by atoms with Crippen molar-refractivity contribution in [3.63, 3.8) is 0 Å². The van der Waals surface area contributed by atoms with Crippen molar-refractivity contribution in [2.75, 3.05) is 6.61 Å². The quantitative estimate of drug-likeness (QED) is 0.256. The van der Waals surface area contributed by atoms with Crippen LogP contribution in [-0.4, -0.2) is 21.3 Å². The summed E-state index contributed by atoms with van der Waals surface area (Å²) < 4.78 is 88.9. The van der Waals surface area contributed by atoms with E-state index in [0.717, 1.165) is 18.2 Å². The first-order valence-electron chi connectivity index (χ1n) is 11.6. The molecule has 0 aliphatic carbocycles. The van der Waals surface area contributed by atoms with Gasteiger partial charge in [-0.1, -0.05) is 30.3 Å². The Morgan fingerprint density at radius 2 is 1.55 bits per heavy atom. The maximum Gasteiger partial charge on any atom is 0.417 e. The van der Waals surface area contributed by atoms with Gasteiger partial charge in [0.05, 0.1) is 23.4 Å². The summed E-state index contributed by atoms with van der Waals surface area (Å²) in [5, 5.41) is 10.6. The minimum absolute atomic E-state index is 0.0822. The number of rotatable bonds is 6. The number of nitrogens with zero attached hydrogens (tertiary/aromatic N) is 2. The van der Waals surface area contributed by atoms with E-state index in [2.05, 4.69) is 4.98 Å². The summed E-state index contributed by atoms with van der Waals surface area (Å²) in [6.45, 7) is 4.82. The molecule has 1 aromatic heterocycles. The summed E-state index contributed by atoms with van der Waals surface area (Å²) >= 11 is 0. The lowest BCUT2D eigenvalue weighted by Gasteiger charge is -2.16. The van der Waals surface area contributed by atoms with Gasteiger partial charge in [-0.05, 0) is 62.7 Å². The van der Waals surface area contributed by atoms with Crippen LogP contribution in [0.5, 0.6) is 5.75 Å². The topological polar surface area (TPSA) is 47.3 Å². The number of aromatic nitrogens is 2. The molecule has 0 fully saturated rings. The van der Waals surface area contributed by atoms with Crippen LogP contribution in [0.15, 0.2) is 72.9 Å². The Balaban J connectivity index is 1.95. The number of alkyl halides is 6. The van der Waals surface area contributed by atoms with Crippen molar-refractivity contribution in [1.82, 2.24) is 9.55 Å². The third kappa shape index (κ3) is 5.55. The van der Waals surface area contributed by atoms with Gasteiger partial charge >= 0.3 is 12.4 Å². The van der Waals surface area contributed by atoms with E-state index < -0.39 is 29.1 Å². The van der Waals surface area contributed by atoms with Gasteiger partial charge in [0.2, 0.25) is 0 Å². The van der Waals surface area contributed by atoms with Crippen molar-refractivity contribution < 1.29 is 36.2 Å². The molecule has 1 N–H and O–H groups in total. The molecule has 4 nitrogen and oxygen atoms in total. The number of halogens is 6. The van der Waals surface area contributed by atoms with Crippen LogP contribution in [0.25, 0.3) is 28.2 Å². The molecule has 0 saturated heterocycles. The second-order valence-electron chi connectivity index (χ2n) is 9.11.